The zero-order valence-electron chi connectivity index (χ0n) is 13.7. The molecule has 6 N–H and O–H groups in total. The zero-order chi connectivity index (χ0) is 19.0. The third-order valence-corrected chi connectivity index (χ3v) is 4.39. The van der Waals surface area contributed by atoms with Gasteiger partial charge in [-0.15, -0.1) is 0 Å². The molecule has 0 saturated carbocycles. The van der Waals surface area contributed by atoms with E-state index in [4.69, 9.17) is 25.1 Å². The van der Waals surface area contributed by atoms with Gasteiger partial charge in [-0.2, -0.15) is 4.98 Å². The summed E-state index contributed by atoms with van der Waals surface area (Å²) in [6.45, 7) is 3.03. The summed E-state index contributed by atoms with van der Waals surface area (Å²) in [7, 11) is 0. The van der Waals surface area contributed by atoms with Gasteiger partial charge in [0.1, 0.15) is 36.3 Å². The molecule has 3 rings (SSSR count). The Kier molecular flexibility index (Phi) is 5.39. The van der Waals surface area contributed by atoms with Crippen LogP contribution in [-0.2, 0) is 14.2 Å². The van der Waals surface area contributed by atoms with Crippen molar-refractivity contribution in [3.63, 3.8) is 0 Å². The number of anilines is 1. The van der Waals surface area contributed by atoms with Gasteiger partial charge in [0, 0.05) is 11.8 Å². The summed E-state index contributed by atoms with van der Waals surface area (Å²) in [5, 5.41) is 39.3. The van der Waals surface area contributed by atoms with Crippen LogP contribution in [0.15, 0.2) is 29.2 Å². The normalized spacial score (nSPS) is 37.4. The lowest BCUT2D eigenvalue weighted by molar-refractivity contribution is -0.160. The molecule has 11 heteroatoms. The van der Waals surface area contributed by atoms with Crippen LogP contribution in [0, 0.1) is 0 Å². The summed E-state index contributed by atoms with van der Waals surface area (Å²) in [5.41, 5.74) is 4.92. The monoisotopic (exact) mass is 371 g/mol. The first-order chi connectivity index (χ1) is 12.3. The second kappa shape index (κ2) is 7.40. The van der Waals surface area contributed by atoms with Crippen molar-refractivity contribution in [2.75, 3.05) is 18.9 Å². The van der Waals surface area contributed by atoms with E-state index in [0.717, 1.165) is 4.57 Å². The van der Waals surface area contributed by atoms with Gasteiger partial charge in [0.2, 0.25) is 0 Å². The number of nitrogen functional groups attached to an aromatic ring is 1. The van der Waals surface area contributed by atoms with Crippen LogP contribution in [0.3, 0.4) is 0 Å². The Balaban J connectivity index is 1.65. The van der Waals surface area contributed by atoms with Gasteiger partial charge in [-0.25, -0.2) is 4.79 Å². The average molecular weight is 371 g/mol. The van der Waals surface area contributed by atoms with Gasteiger partial charge in [0.15, 0.2) is 12.5 Å². The van der Waals surface area contributed by atoms with Gasteiger partial charge in [-0.3, -0.25) is 4.57 Å². The van der Waals surface area contributed by atoms with E-state index in [2.05, 4.69) is 11.6 Å². The summed E-state index contributed by atoms with van der Waals surface area (Å²) in [5.74, 6) is 0.0214. The first kappa shape index (κ1) is 18.9. The van der Waals surface area contributed by atoms with E-state index in [1.54, 1.807) is 0 Å². The smallest absolute Gasteiger partial charge is 0.351 e. The Labute approximate surface area is 147 Å². The summed E-state index contributed by atoms with van der Waals surface area (Å²) in [4.78, 5) is 15.4. The maximum Gasteiger partial charge on any atom is 0.351 e. The molecule has 26 heavy (non-hydrogen) atoms. The van der Waals surface area contributed by atoms with Gasteiger partial charge >= 0.3 is 5.69 Å². The molecule has 2 fully saturated rings. The molecule has 2 saturated heterocycles. The Bertz CT molecular complexity index is 725. The fourth-order valence-electron chi connectivity index (χ4n) is 2.89. The molecule has 144 valence electrons. The van der Waals surface area contributed by atoms with Crippen LogP contribution in [0.25, 0.3) is 0 Å². The molecule has 0 unspecified atom stereocenters. The minimum atomic E-state index is -1.39. The summed E-state index contributed by atoms with van der Waals surface area (Å²) in [6, 6.07) is 1.36. The van der Waals surface area contributed by atoms with E-state index in [1.807, 2.05) is 0 Å². The minimum absolute atomic E-state index is 0.0214. The van der Waals surface area contributed by atoms with Crippen LogP contribution in [-0.4, -0.2) is 80.0 Å². The van der Waals surface area contributed by atoms with Crippen molar-refractivity contribution in [1.29, 1.82) is 0 Å². The second-order valence-electron chi connectivity index (χ2n) is 6.13. The number of hydrogen-bond donors (Lipinski definition) is 5. The molecule has 11 nitrogen and oxygen atoms in total. The van der Waals surface area contributed by atoms with Crippen molar-refractivity contribution in [2.24, 2.45) is 0 Å². The molecule has 2 aliphatic rings. The highest BCUT2D eigenvalue weighted by atomic mass is 16.7. The quantitative estimate of drug-likeness (QED) is 0.338. The zero-order valence-corrected chi connectivity index (χ0v) is 13.7. The largest absolute Gasteiger partial charge is 0.394 e. The van der Waals surface area contributed by atoms with E-state index in [-0.39, 0.29) is 18.0 Å². The fraction of sp³-hybridized carbons (Fsp3) is 0.600. The number of aromatic nitrogens is 2. The molecule has 7 atom stereocenters. The molecular weight excluding hydrogens is 350 g/mol. The number of aliphatic hydroxyl groups excluding tert-OH is 4. The molecule has 1 aromatic heterocycles. The molecule has 0 aromatic carbocycles. The first-order valence-electron chi connectivity index (χ1n) is 7.94. The number of nitrogens with two attached hydrogens (primary N) is 1. The lowest BCUT2D eigenvalue weighted by atomic mass is 10.1. The molecule has 3 heterocycles. The van der Waals surface area contributed by atoms with Crippen molar-refractivity contribution in [3.8, 4) is 0 Å². The molecule has 0 bridgehead atoms. The Morgan fingerprint density at radius 3 is 2.62 bits per heavy atom. The van der Waals surface area contributed by atoms with E-state index >= 15 is 0 Å². The highest BCUT2D eigenvalue weighted by Gasteiger charge is 2.45. The lowest BCUT2D eigenvalue weighted by Crippen LogP contribution is -2.36. The predicted octanol–water partition coefficient (Wildman–Crippen LogP) is -2.90. The van der Waals surface area contributed by atoms with Gasteiger partial charge in [-0.1, -0.05) is 6.58 Å². The van der Waals surface area contributed by atoms with E-state index in [9.17, 15) is 20.1 Å². The van der Waals surface area contributed by atoms with Gasteiger partial charge < -0.3 is 40.4 Å². The van der Waals surface area contributed by atoms with Crippen molar-refractivity contribution < 1.29 is 34.6 Å². The lowest BCUT2D eigenvalue weighted by Gasteiger charge is -2.19. The molecule has 0 amide bonds. The first-order valence-corrected chi connectivity index (χ1v) is 7.94. The van der Waals surface area contributed by atoms with Crippen molar-refractivity contribution in [2.45, 2.75) is 43.0 Å². The minimum Gasteiger partial charge on any atom is -0.394 e. The summed E-state index contributed by atoms with van der Waals surface area (Å²) in [6.07, 6.45) is -6.47. The molecule has 0 spiro atoms. The number of hydrogen-bond acceptors (Lipinski definition) is 10. The average Bonchev–Trinajstić information content (AvgIpc) is 3.04. The third kappa shape index (κ3) is 3.38. The van der Waals surface area contributed by atoms with Crippen LogP contribution < -0.4 is 11.4 Å². The molecule has 2 aliphatic heterocycles. The summed E-state index contributed by atoms with van der Waals surface area (Å²) >= 11 is 0. The Morgan fingerprint density at radius 1 is 1.27 bits per heavy atom. The Hall–Kier alpha value is -1.86. The summed E-state index contributed by atoms with van der Waals surface area (Å²) < 4.78 is 17.3. The topological polar surface area (TPSA) is 170 Å². The highest BCUT2D eigenvalue weighted by molar-refractivity contribution is 5.23. The van der Waals surface area contributed by atoms with Crippen LogP contribution in [0.2, 0.25) is 0 Å². The second-order valence-corrected chi connectivity index (χ2v) is 6.13. The number of ether oxygens (including phenoxy) is 3. The molecule has 1 aromatic rings. The third-order valence-electron chi connectivity index (χ3n) is 4.39. The number of rotatable bonds is 5. The van der Waals surface area contributed by atoms with Crippen LogP contribution in [0.4, 0.5) is 5.82 Å². The van der Waals surface area contributed by atoms with Crippen LogP contribution in [0.5, 0.6) is 0 Å². The fourth-order valence-corrected chi connectivity index (χ4v) is 2.89. The number of aliphatic hydroxyl groups is 4. The number of nitrogens with zero attached hydrogens (tertiary/aromatic N) is 2. The van der Waals surface area contributed by atoms with Crippen LogP contribution in [0.1, 0.15) is 6.23 Å². The van der Waals surface area contributed by atoms with Crippen molar-refractivity contribution >= 4 is 5.82 Å². The standard InChI is InChI=1S/C15H21N3O8/c1-6-10(20)7(4-19)26-14(6)24-5-8-11(21)12(22)13(25-8)18-3-2-9(16)17-15(18)23/h2-3,7-8,10-14,19-22H,1,4-5H2,(H2,16,17,23)/t7-,8-,10+,11-,12-,13-,14+/m1/s1. The van der Waals surface area contributed by atoms with Crippen molar-refractivity contribution in [1.82, 2.24) is 9.55 Å². The predicted molar refractivity (Wildman–Crippen MR) is 85.7 cm³/mol. The van der Waals surface area contributed by atoms with Gasteiger partial charge in [0.25, 0.3) is 0 Å². The maximum absolute atomic E-state index is 11.9. The van der Waals surface area contributed by atoms with Gasteiger partial charge in [-0.05, 0) is 6.07 Å². The van der Waals surface area contributed by atoms with Crippen molar-refractivity contribution in [3.05, 3.63) is 34.9 Å². The van der Waals surface area contributed by atoms with E-state index in [0.29, 0.717) is 0 Å². The van der Waals surface area contributed by atoms with E-state index < -0.39 is 55.3 Å². The maximum atomic E-state index is 11.9. The molecule has 0 radical (unpaired) electrons. The Morgan fingerprint density at radius 2 is 2.00 bits per heavy atom. The molecule has 0 aliphatic carbocycles. The van der Waals surface area contributed by atoms with Gasteiger partial charge in [0.05, 0.1) is 13.2 Å². The van der Waals surface area contributed by atoms with Crippen LogP contribution >= 0.6 is 0 Å². The van der Waals surface area contributed by atoms with E-state index in [1.165, 1.54) is 12.3 Å². The molecular formula is C15H21N3O8. The SMILES string of the molecule is C=C1[C@@H](OC[C@H]2O[C@@H](n3ccc(N)nc3=O)[C@H](O)[C@@H]2O)O[C@H](CO)[C@H]1O. The highest BCUT2D eigenvalue weighted by Crippen LogP contribution is 2.31.